The number of fused-ring (bicyclic) bond motifs is 3. The molecule has 1 aromatic carbocycles. The van der Waals surface area contributed by atoms with E-state index >= 15 is 0 Å². The van der Waals surface area contributed by atoms with Gasteiger partial charge in [0.2, 0.25) is 0 Å². The summed E-state index contributed by atoms with van der Waals surface area (Å²) < 4.78 is 13.3. The number of aromatic nitrogens is 1. The van der Waals surface area contributed by atoms with E-state index in [1.165, 1.54) is 18.2 Å². The van der Waals surface area contributed by atoms with Crippen LogP contribution in [-0.4, -0.2) is 23.4 Å². The Bertz CT molecular complexity index is 733. The van der Waals surface area contributed by atoms with Gasteiger partial charge in [-0.15, -0.1) is 0 Å². The average molecular weight is 298 g/mol. The first kappa shape index (κ1) is 15.5. The van der Waals surface area contributed by atoms with Gasteiger partial charge in [-0.1, -0.05) is 0 Å². The van der Waals surface area contributed by atoms with Gasteiger partial charge in [0.25, 0.3) is 5.91 Å². The quantitative estimate of drug-likeness (QED) is 0.570. The maximum Gasteiger partial charge on any atom is 1.00 e. The van der Waals surface area contributed by atoms with Crippen molar-refractivity contribution in [2.75, 3.05) is 6.54 Å². The van der Waals surface area contributed by atoms with Crippen molar-refractivity contribution in [2.45, 2.75) is 6.42 Å². The minimum atomic E-state index is -1.51. The molecular weight excluding hydrogens is 290 g/mol. The number of nitrogens with zero attached hydrogens (tertiary/aromatic N) is 1. The number of carbonyl (C=O) groups excluding carboxylic acids is 2. The molecule has 2 aromatic rings. The first-order valence-corrected chi connectivity index (χ1v) is 5.69. The largest absolute Gasteiger partial charge is 1.00 e. The summed E-state index contributed by atoms with van der Waals surface area (Å²) in [6.45, 7) is 0.383. The number of benzene rings is 1. The number of pyridine rings is 1. The van der Waals surface area contributed by atoms with Crippen LogP contribution in [0.4, 0.5) is 4.39 Å². The molecule has 0 saturated heterocycles. The molecule has 1 amide bonds. The molecule has 0 saturated carbocycles. The molecule has 0 bridgehead atoms. The summed E-state index contributed by atoms with van der Waals surface area (Å²) in [5.41, 5.74) is 0.428. The van der Waals surface area contributed by atoms with Crippen LogP contribution in [0.25, 0.3) is 10.9 Å². The molecule has 5 nitrogen and oxygen atoms in total. The number of carbonyl (C=O) groups is 2. The van der Waals surface area contributed by atoms with Gasteiger partial charge in [0, 0.05) is 11.9 Å². The van der Waals surface area contributed by atoms with Crippen LogP contribution < -0.4 is 61.8 Å². The Labute approximate surface area is 156 Å². The van der Waals surface area contributed by atoms with Crippen molar-refractivity contribution in [3.8, 4) is 0 Å². The van der Waals surface area contributed by atoms with Crippen LogP contribution in [0.1, 0.15) is 26.4 Å². The molecule has 0 radical (unpaired) electrons. The van der Waals surface area contributed by atoms with Crippen LogP contribution >= 0.6 is 0 Å². The SMILES string of the molecule is O=C([O-])c1nc2ccc(F)cc2c2c1C(=O)NCC2.[K+]. The predicted molar refractivity (Wildman–Crippen MR) is 62.1 cm³/mol. The van der Waals surface area contributed by atoms with Gasteiger partial charge in [-0.25, -0.2) is 9.37 Å². The Morgan fingerprint density at radius 2 is 2.15 bits per heavy atom. The monoisotopic (exact) mass is 298 g/mol. The van der Waals surface area contributed by atoms with E-state index in [2.05, 4.69) is 10.3 Å². The first-order valence-electron chi connectivity index (χ1n) is 5.69. The average Bonchev–Trinajstić information content (AvgIpc) is 2.38. The molecule has 1 aromatic heterocycles. The maximum atomic E-state index is 13.3. The van der Waals surface area contributed by atoms with Crippen molar-refractivity contribution in [1.82, 2.24) is 10.3 Å². The molecule has 0 spiro atoms. The fourth-order valence-corrected chi connectivity index (χ4v) is 2.34. The van der Waals surface area contributed by atoms with E-state index in [1.54, 1.807) is 0 Å². The van der Waals surface area contributed by atoms with Gasteiger partial charge >= 0.3 is 51.4 Å². The number of carboxylic acids is 1. The molecule has 1 aliphatic heterocycles. The fraction of sp³-hybridized carbons (Fsp3) is 0.154. The topological polar surface area (TPSA) is 82.1 Å². The number of carboxylic acid groups (broad SMARTS) is 1. The molecule has 7 heteroatoms. The molecule has 2 heterocycles. The van der Waals surface area contributed by atoms with Crippen LogP contribution in [0.5, 0.6) is 0 Å². The second-order valence-corrected chi connectivity index (χ2v) is 4.27. The van der Waals surface area contributed by atoms with Crippen molar-refractivity contribution in [1.29, 1.82) is 0 Å². The zero-order valence-electron chi connectivity index (χ0n) is 10.7. The number of amides is 1. The molecule has 3 rings (SSSR count). The van der Waals surface area contributed by atoms with Crippen molar-refractivity contribution >= 4 is 22.8 Å². The maximum absolute atomic E-state index is 13.3. The van der Waals surface area contributed by atoms with Crippen LogP contribution in [0.3, 0.4) is 0 Å². The predicted octanol–water partition coefficient (Wildman–Crippen LogP) is -2.97. The Morgan fingerprint density at radius 1 is 1.40 bits per heavy atom. The van der Waals surface area contributed by atoms with Gasteiger partial charge in [0.1, 0.15) is 5.82 Å². The Kier molecular flexibility index (Phi) is 4.55. The second kappa shape index (κ2) is 5.86. The summed E-state index contributed by atoms with van der Waals surface area (Å²) in [7, 11) is 0. The molecule has 0 fully saturated rings. The van der Waals surface area contributed by atoms with Crippen molar-refractivity contribution in [3.63, 3.8) is 0 Å². The number of rotatable bonds is 1. The third kappa shape index (κ3) is 2.51. The molecule has 0 aliphatic carbocycles. The first-order chi connectivity index (χ1) is 9.08. The Balaban J connectivity index is 0.00000147. The zero-order chi connectivity index (χ0) is 13.6. The van der Waals surface area contributed by atoms with E-state index in [0.717, 1.165) is 0 Å². The van der Waals surface area contributed by atoms with E-state index in [0.29, 0.717) is 29.4 Å². The van der Waals surface area contributed by atoms with E-state index in [1.807, 2.05) is 0 Å². The van der Waals surface area contributed by atoms with E-state index in [-0.39, 0.29) is 56.9 Å². The van der Waals surface area contributed by atoms with Crippen LogP contribution in [0.2, 0.25) is 0 Å². The third-order valence-corrected chi connectivity index (χ3v) is 3.14. The summed E-state index contributed by atoms with van der Waals surface area (Å²) in [6.07, 6.45) is 0.434. The smallest absolute Gasteiger partial charge is 0.543 e. The Morgan fingerprint density at radius 3 is 2.85 bits per heavy atom. The summed E-state index contributed by atoms with van der Waals surface area (Å²) in [5.74, 6) is -2.48. The zero-order valence-corrected chi connectivity index (χ0v) is 13.8. The molecule has 0 unspecified atom stereocenters. The molecule has 0 atom stereocenters. The van der Waals surface area contributed by atoms with Crippen LogP contribution in [0.15, 0.2) is 18.2 Å². The molecule has 1 N–H and O–H groups in total. The number of hydrogen-bond acceptors (Lipinski definition) is 4. The fourth-order valence-electron chi connectivity index (χ4n) is 2.34. The minimum Gasteiger partial charge on any atom is -0.543 e. The summed E-state index contributed by atoms with van der Waals surface area (Å²) in [4.78, 5) is 26.8. The third-order valence-electron chi connectivity index (χ3n) is 3.14. The number of halogens is 1. The van der Waals surface area contributed by atoms with Gasteiger partial charge in [-0.2, -0.15) is 0 Å². The number of nitrogens with one attached hydrogen (secondary N) is 1. The number of hydrogen-bond donors (Lipinski definition) is 1. The minimum absolute atomic E-state index is 0. The van der Waals surface area contributed by atoms with Crippen molar-refractivity contribution < 1.29 is 70.5 Å². The van der Waals surface area contributed by atoms with Crippen molar-refractivity contribution in [3.05, 3.63) is 40.8 Å². The molecule has 1 aliphatic rings. The summed E-state index contributed by atoms with van der Waals surface area (Å²) in [5, 5.41) is 14.1. The normalized spacial score (nSPS) is 13.3. The van der Waals surface area contributed by atoms with E-state index in [9.17, 15) is 19.1 Å². The van der Waals surface area contributed by atoms with Gasteiger partial charge in [0.15, 0.2) is 0 Å². The van der Waals surface area contributed by atoms with Crippen LogP contribution in [-0.2, 0) is 6.42 Å². The van der Waals surface area contributed by atoms with Gasteiger partial charge in [-0.3, -0.25) is 4.79 Å². The summed E-state index contributed by atoms with van der Waals surface area (Å²) in [6, 6.07) is 3.85. The van der Waals surface area contributed by atoms with Gasteiger partial charge in [-0.05, 0) is 30.2 Å². The standard InChI is InChI=1S/C13H9FN2O3.K/c14-6-1-2-9-8(5-6)7-3-4-15-12(17)10(7)11(16-9)13(18)19;/h1-2,5H,3-4H2,(H,15,17)(H,18,19);/q;+1/p-1. The second-order valence-electron chi connectivity index (χ2n) is 4.27. The summed E-state index contributed by atoms with van der Waals surface area (Å²) >= 11 is 0. The van der Waals surface area contributed by atoms with E-state index in [4.69, 9.17) is 0 Å². The van der Waals surface area contributed by atoms with Crippen LogP contribution in [0, 0.1) is 5.82 Å². The number of aromatic carboxylic acids is 1. The van der Waals surface area contributed by atoms with Gasteiger partial charge in [0.05, 0.1) is 22.7 Å². The van der Waals surface area contributed by atoms with Gasteiger partial charge < -0.3 is 15.2 Å². The Hall–Kier alpha value is -0.864. The molecule has 96 valence electrons. The van der Waals surface area contributed by atoms with Crippen molar-refractivity contribution in [2.24, 2.45) is 0 Å². The molecule has 20 heavy (non-hydrogen) atoms. The van der Waals surface area contributed by atoms with E-state index < -0.39 is 23.4 Å². The molecular formula is C13H8FKN2O3.